The van der Waals surface area contributed by atoms with Crippen molar-refractivity contribution in [1.29, 1.82) is 0 Å². The number of nitrogens with one attached hydrogen (secondary N) is 1. The SMILES string of the molecule is C[N+]1=C(C=CC=CC=CC=C2N(CCCCCC(=O)NCCCN=[N+]=[N-])c3ccc4ccccc4c3C2(C)C)C(C)(C)c2c1ccc1ccccc21.[Cl-]. The number of hydrogen-bond acceptors (Lipinski definition) is 3. The maximum atomic E-state index is 12.3. The van der Waals surface area contributed by atoms with Gasteiger partial charge in [-0.2, -0.15) is 4.58 Å². The summed E-state index contributed by atoms with van der Waals surface area (Å²) in [6.07, 6.45) is 19.1. The molecular weight excluding hydrogens is 676 g/mol. The van der Waals surface area contributed by atoms with Gasteiger partial charge in [-0.25, -0.2) is 0 Å². The Morgan fingerprint density at radius 1 is 0.811 bits per heavy atom. The van der Waals surface area contributed by atoms with Gasteiger partial charge in [0.2, 0.25) is 11.6 Å². The fraction of sp³-hybridized carbons (Fsp3) is 0.333. The first kappa shape index (κ1) is 39.1. The highest BCUT2D eigenvalue weighted by molar-refractivity contribution is 6.07. The number of halogens is 1. The highest BCUT2D eigenvalue weighted by Crippen LogP contribution is 2.51. The first-order chi connectivity index (χ1) is 25.2. The number of unbranched alkanes of at least 4 members (excludes halogenated alkanes) is 2. The second-order valence-electron chi connectivity index (χ2n) is 14.9. The van der Waals surface area contributed by atoms with Crippen LogP contribution in [-0.2, 0) is 15.6 Å². The number of amides is 1. The van der Waals surface area contributed by atoms with Gasteiger partial charge in [-0.05, 0) is 84.0 Å². The Kier molecular flexibility index (Phi) is 12.7. The molecule has 0 aromatic heterocycles. The molecule has 4 aromatic rings. The van der Waals surface area contributed by atoms with Crippen LogP contribution in [0.5, 0.6) is 0 Å². The predicted molar refractivity (Wildman–Crippen MR) is 218 cm³/mol. The van der Waals surface area contributed by atoms with Crippen LogP contribution in [0.3, 0.4) is 0 Å². The molecule has 0 radical (unpaired) electrons. The van der Waals surface area contributed by atoms with Crippen LogP contribution in [0, 0.1) is 0 Å². The van der Waals surface area contributed by atoms with Crippen LogP contribution >= 0.6 is 0 Å². The molecule has 0 aliphatic carbocycles. The molecule has 2 aliphatic heterocycles. The van der Waals surface area contributed by atoms with E-state index in [1.165, 1.54) is 55.5 Å². The van der Waals surface area contributed by atoms with Gasteiger partial charge in [-0.1, -0.05) is 110 Å². The molecule has 6 rings (SSSR count). The van der Waals surface area contributed by atoms with E-state index in [4.69, 9.17) is 5.53 Å². The first-order valence-corrected chi connectivity index (χ1v) is 18.6. The number of carbonyl (C=O) groups is 1. The summed E-state index contributed by atoms with van der Waals surface area (Å²) in [5, 5.41) is 11.6. The molecule has 0 spiro atoms. The van der Waals surface area contributed by atoms with E-state index in [1.807, 2.05) is 0 Å². The smallest absolute Gasteiger partial charge is 0.219 e. The minimum atomic E-state index is -0.173. The molecule has 0 atom stereocenters. The van der Waals surface area contributed by atoms with Gasteiger partial charge in [0.15, 0.2) is 5.71 Å². The third-order valence-electron chi connectivity index (χ3n) is 10.7. The van der Waals surface area contributed by atoms with Gasteiger partial charge in [0.05, 0.1) is 5.41 Å². The van der Waals surface area contributed by atoms with E-state index in [1.54, 1.807) is 0 Å². The standard InChI is InChI=1S/C45H50N6O.ClH/c1-44(2)39(50(5)37-28-26-33-19-13-15-21-35(33)42(37)44)23-10-7-6-8-11-24-40-45(3,4)43-36-22-16-14-20-34(36)27-29-38(43)51(40)32-17-9-12-25-41(52)47-30-18-31-48-49-46;/h6-8,10-11,13-16,19-24,26-29H,9,12,17-18,25,30-32H2,1-5H3;1H. The van der Waals surface area contributed by atoms with Crippen molar-refractivity contribution in [2.24, 2.45) is 5.11 Å². The Morgan fingerprint density at radius 2 is 1.47 bits per heavy atom. The normalized spacial score (nSPS) is 16.5. The summed E-state index contributed by atoms with van der Waals surface area (Å²) < 4.78 is 2.33. The zero-order valence-corrected chi connectivity index (χ0v) is 32.4. The van der Waals surface area contributed by atoms with Crippen LogP contribution in [0.15, 0.2) is 126 Å². The number of fused-ring (bicyclic) bond motifs is 6. The van der Waals surface area contributed by atoms with Gasteiger partial charge in [0, 0.05) is 65.5 Å². The number of anilines is 1. The average molecular weight is 727 g/mol. The molecular formula is C45H51ClN6O. The van der Waals surface area contributed by atoms with E-state index in [2.05, 4.69) is 175 Å². The second kappa shape index (κ2) is 17.2. The van der Waals surface area contributed by atoms with Crippen LogP contribution in [0.25, 0.3) is 32.0 Å². The van der Waals surface area contributed by atoms with E-state index in [0.29, 0.717) is 25.9 Å². The molecule has 2 aliphatic rings. The van der Waals surface area contributed by atoms with E-state index < -0.39 is 0 Å². The molecule has 4 aromatic carbocycles. The maximum absolute atomic E-state index is 12.3. The highest BCUT2D eigenvalue weighted by Gasteiger charge is 2.44. The molecule has 0 unspecified atom stereocenters. The van der Waals surface area contributed by atoms with E-state index >= 15 is 0 Å². The quantitative estimate of drug-likeness (QED) is 0.0360. The van der Waals surface area contributed by atoms with Crippen molar-refractivity contribution in [3.8, 4) is 0 Å². The van der Waals surface area contributed by atoms with Gasteiger partial charge < -0.3 is 22.6 Å². The Balaban J connectivity index is 0.00000541. The van der Waals surface area contributed by atoms with Crippen molar-refractivity contribution < 1.29 is 21.8 Å². The summed E-state index contributed by atoms with van der Waals surface area (Å²) in [6.45, 7) is 11.1. The molecule has 7 nitrogen and oxygen atoms in total. The van der Waals surface area contributed by atoms with Crippen LogP contribution in [0.2, 0.25) is 0 Å². The third-order valence-corrected chi connectivity index (χ3v) is 10.7. The number of nitrogens with zero attached hydrogens (tertiary/aromatic N) is 5. The van der Waals surface area contributed by atoms with Crippen molar-refractivity contribution in [2.75, 3.05) is 31.6 Å². The summed E-state index contributed by atoms with van der Waals surface area (Å²) in [4.78, 5) is 17.5. The monoisotopic (exact) mass is 726 g/mol. The Hall–Kier alpha value is -5.10. The molecule has 0 bridgehead atoms. The predicted octanol–water partition coefficient (Wildman–Crippen LogP) is 7.73. The highest BCUT2D eigenvalue weighted by atomic mass is 35.5. The van der Waals surface area contributed by atoms with Crippen molar-refractivity contribution in [3.63, 3.8) is 0 Å². The lowest BCUT2D eigenvalue weighted by Gasteiger charge is -2.27. The summed E-state index contributed by atoms with van der Waals surface area (Å²) >= 11 is 0. The minimum absolute atomic E-state index is 0. The maximum Gasteiger partial charge on any atom is 0.219 e. The van der Waals surface area contributed by atoms with Gasteiger partial charge >= 0.3 is 0 Å². The van der Waals surface area contributed by atoms with Crippen LogP contribution < -0.4 is 22.6 Å². The number of azide groups is 1. The molecule has 0 saturated carbocycles. The number of rotatable bonds is 14. The lowest BCUT2D eigenvalue weighted by atomic mass is 9.79. The third kappa shape index (κ3) is 8.12. The van der Waals surface area contributed by atoms with Gasteiger partial charge in [-0.3, -0.25) is 4.79 Å². The Morgan fingerprint density at radius 3 is 2.21 bits per heavy atom. The molecule has 8 heteroatoms. The van der Waals surface area contributed by atoms with Crippen LogP contribution in [0.4, 0.5) is 11.4 Å². The van der Waals surface area contributed by atoms with Gasteiger partial charge in [0.1, 0.15) is 7.05 Å². The second-order valence-corrected chi connectivity index (χ2v) is 14.9. The van der Waals surface area contributed by atoms with Gasteiger partial charge in [0.25, 0.3) is 0 Å². The molecule has 2 heterocycles. The average Bonchev–Trinajstić information content (AvgIpc) is 3.48. The fourth-order valence-electron chi connectivity index (χ4n) is 8.20. The summed E-state index contributed by atoms with van der Waals surface area (Å²) in [6, 6.07) is 26.3. The van der Waals surface area contributed by atoms with E-state index in [-0.39, 0.29) is 29.1 Å². The van der Waals surface area contributed by atoms with Crippen molar-refractivity contribution in [1.82, 2.24) is 5.32 Å². The first-order valence-electron chi connectivity index (χ1n) is 18.6. The van der Waals surface area contributed by atoms with Crippen molar-refractivity contribution in [2.45, 2.75) is 70.6 Å². The van der Waals surface area contributed by atoms with E-state index in [9.17, 15) is 4.79 Å². The fourth-order valence-corrected chi connectivity index (χ4v) is 8.20. The molecule has 53 heavy (non-hydrogen) atoms. The molecule has 1 N–H and O–H groups in total. The van der Waals surface area contributed by atoms with Crippen LogP contribution in [0.1, 0.15) is 70.9 Å². The van der Waals surface area contributed by atoms with Crippen molar-refractivity contribution >= 4 is 44.5 Å². The minimum Gasteiger partial charge on any atom is -1.00 e. The molecule has 1 amide bonds. The molecule has 0 saturated heterocycles. The summed E-state index contributed by atoms with van der Waals surface area (Å²) in [5.74, 6) is 0.0602. The Bertz CT molecular complexity index is 2180. The molecule has 274 valence electrons. The summed E-state index contributed by atoms with van der Waals surface area (Å²) in [5.41, 5.74) is 16.0. The van der Waals surface area contributed by atoms with Gasteiger partial charge in [-0.15, -0.1) is 0 Å². The van der Waals surface area contributed by atoms with E-state index in [0.717, 1.165) is 25.8 Å². The van der Waals surface area contributed by atoms with Crippen LogP contribution in [-0.4, -0.2) is 42.9 Å². The number of hydrogen-bond donors (Lipinski definition) is 1. The zero-order valence-electron chi connectivity index (χ0n) is 31.6. The topological polar surface area (TPSA) is 84.1 Å². The lowest BCUT2D eigenvalue weighted by Crippen LogP contribution is -3.00. The lowest BCUT2D eigenvalue weighted by molar-refractivity contribution is -0.401. The summed E-state index contributed by atoms with van der Waals surface area (Å²) in [7, 11) is 2.17. The number of allylic oxidation sites excluding steroid dienone is 8. The van der Waals surface area contributed by atoms with Crippen molar-refractivity contribution in [3.05, 3.63) is 143 Å². The number of benzene rings is 4. The Labute approximate surface area is 320 Å². The largest absolute Gasteiger partial charge is 1.00 e. The number of carbonyl (C=O) groups excluding carboxylic acids is 1. The molecule has 0 fully saturated rings. The zero-order chi connectivity index (χ0) is 36.7.